The Kier molecular flexibility index (Phi) is 7.18. The van der Waals surface area contributed by atoms with Crippen molar-refractivity contribution < 1.29 is 8.42 Å². The number of benzene rings is 1. The molecule has 0 spiro atoms. The van der Waals surface area contributed by atoms with E-state index in [-0.39, 0.29) is 5.75 Å². The van der Waals surface area contributed by atoms with E-state index in [2.05, 4.69) is 37.7 Å². The number of anilines is 1. The fraction of sp³-hybridized carbons (Fsp3) is 0.625. The summed E-state index contributed by atoms with van der Waals surface area (Å²) in [6.07, 6.45) is 1.53. The summed E-state index contributed by atoms with van der Waals surface area (Å²) in [4.78, 5) is 0. The van der Waals surface area contributed by atoms with Gasteiger partial charge in [0, 0.05) is 11.7 Å². The van der Waals surface area contributed by atoms with Crippen LogP contribution in [0.4, 0.5) is 5.69 Å². The lowest BCUT2D eigenvalue weighted by atomic mass is 10.0. The molecule has 1 rings (SSSR count). The molecule has 0 radical (unpaired) electrons. The Morgan fingerprint density at radius 3 is 2.43 bits per heavy atom. The first-order valence-electron chi connectivity index (χ1n) is 7.64. The van der Waals surface area contributed by atoms with Gasteiger partial charge < -0.3 is 5.32 Å². The molecule has 0 heterocycles. The van der Waals surface area contributed by atoms with Gasteiger partial charge in [0.2, 0.25) is 10.0 Å². The first kappa shape index (κ1) is 18.0. The molecule has 21 heavy (non-hydrogen) atoms. The highest BCUT2D eigenvalue weighted by Crippen LogP contribution is 2.19. The van der Waals surface area contributed by atoms with Gasteiger partial charge in [-0.05, 0) is 43.0 Å². The van der Waals surface area contributed by atoms with Crippen molar-refractivity contribution in [2.45, 2.75) is 52.5 Å². The molecule has 4 nitrogen and oxygen atoms in total. The van der Waals surface area contributed by atoms with Crippen molar-refractivity contribution in [3.05, 3.63) is 29.8 Å². The summed E-state index contributed by atoms with van der Waals surface area (Å²) in [6, 6.07) is 8.05. The lowest BCUT2D eigenvalue weighted by Gasteiger charge is -2.11. The Labute approximate surface area is 129 Å². The monoisotopic (exact) mass is 312 g/mol. The van der Waals surface area contributed by atoms with Crippen LogP contribution >= 0.6 is 0 Å². The summed E-state index contributed by atoms with van der Waals surface area (Å²) in [5.74, 6) is 0.551. The van der Waals surface area contributed by atoms with Gasteiger partial charge in [-0.25, -0.2) is 8.42 Å². The van der Waals surface area contributed by atoms with Crippen molar-refractivity contribution in [1.29, 1.82) is 0 Å². The van der Waals surface area contributed by atoms with Crippen molar-refractivity contribution in [2.75, 3.05) is 17.0 Å². The minimum absolute atomic E-state index is 0.165. The molecule has 0 atom stereocenters. The van der Waals surface area contributed by atoms with Crippen LogP contribution in [-0.2, 0) is 10.0 Å². The maximum Gasteiger partial charge on any atom is 0.232 e. The predicted molar refractivity (Wildman–Crippen MR) is 90.3 cm³/mol. The van der Waals surface area contributed by atoms with E-state index in [0.717, 1.165) is 18.5 Å². The molecular weight excluding hydrogens is 284 g/mol. The highest BCUT2D eigenvalue weighted by molar-refractivity contribution is 7.92. The lowest BCUT2D eigenvalue weighted by Crippen LogP contribution is -2.24. The summed E-state index contributed by atoms with van der Waals surface area (Å²) < 4.78 is 26.8. The molecule has 0 saturated heterocycles. The van der Waals surface area contributed by atoms with Crippen molar-refractivity contribution in [3.8, 4) is 0 Å². The van der Waals surface area contributed by atoms with E-state index in [1.165, 1.54) is 0 Å². The molecular formula is C16H28N2O2S. The van der Waals surface area contributed by atoms with Crippen LogP contribution in [0.25, 0.3) is 0 Å². The summed E-state index contributed by atoms with van der Waals surface area (Å²) >= 11 is 0. The molecule has 2 N–H and O–H groups in total. The third-order valence-corrected chi connectivity index (χ3v) is 4.59. The van der Waals surface area contributed by atoms with Crippen LogP contribution in [0.15, 0.2) is 24.3 Å². The molecule has 0 fully saturated rings. The van der Waals surface area contributed by atoms with E-state index in [1.807, 2.05) is 18.2 Å². The van der Waals surface area contributed by atoms with E-state index in [0.29, 0.717) is 24.1 Å². The van der Waals surface area contributed by atoms with Crippen LogP contribution in [0.2, 0.25) is 0 Å². The van der Waals surface area contributed by atoms with Crippen LogP contribution < -0.4 is 10.0 Å². The SMILES string of the molecule is CC(C)NCCCCS(=O)(=O)Nc1cccc(C(C)C)c1. The van der Waals surface area contributed by atoms with Gasteiger partial charge in [-0.2, -0.15) is 0 Å². The highest BCUT2D eigenvalue weighted by Gasteiger charge is 2.10. The van der Waals surface area contributed by atoms with Gasteiger partial charge in [0.25, 0.3) is 0 Å². The molecule has 5 heteroatoms. The second-order valence-corrected chi connectivity index (χ2v) is 7.86. The van der Waals surface area contributed by atoms with Crippen molar-refractivity contribution in [3.63, 3.8) is 0 Å². The molecule has 0 amide bonds. The topological polar surface area (TPSA) is 58.2 Å². The molecule has 0 saturated carbocycles. The fourth-order valence-corrected chi connectivity index (χ4v) is 3.17. The number of hydrogen-bond acceptors (Lipinski definition) is 3. The highest BCUT2D eigenvalue weighted by atomic mass is 32.2. The van der Waals surface area contributed by atoms with Gasteiger partial charge >= 0.3 is 0 Å². The maximum atomic E-state index is 12.0. The second-order valence-electron chi connectivity index (χ2n) is 6.02. The van der Waals surface area contributed by atoms with Crippen LogP contribution in [0.3, 0.4) is 0 Å². The Bertz CT molecular complexity index is 525. The van der Waals surface area contributed by atoms with E-state index in [9.17, 15) is 8.42 Å². The predicted octanol–water partition coefficient (Wildman–Crippen LogP) is 3.33. The van der Waals surface area contributed by atoms with Crippen molar-refractivity contribution in [2.24, 2.45) is 0 Å². The smallest absolute Gasteiger partial charge is 0.232 e. The maximum absolute atomic E-state index is 12.0. The lowest BCUT2D eigenvalue weighted by molar-refractivity contribution is 0.561. The third-order valence-electron chi connectivity index (χ3n) is 3.22. The van der Waals surface area contributed by atoms with E-state index >= 15 is 0 Å². The molecule has 1 aromatic carbocycles. The van der Waals surface area contributed by atoms with Crippen molar-refractivity contribution in [1.82, 2.24) is 5.32 Å². The van der Waals surface area contributed by atoms with E-state index in [4.69, 9.17) is 0 Å². The standard InChI is InChI=1S/C16H28N2O2S/c1-13(2)15-8-7-9-16(12-15)18-21(19,20)11-6-5-10-17-14(3)4/h7-9,12-14,17-18H,5-6,10-11H2,1-4H3. The van der Waals surface area contributed by atoms with E-state index < -0.39 is 10.0 Å². The molecule has 0 aromatic heterocycles. The first-order chi connectivity index (χ1) is 9.80. The van der Waals surface area contributed by atoms with Crippen molar-refractivity contribution >= 4 is 15.7 Å². The zero-order valence-electron chi connectivity index (χ0n) is 13.5. The Morgan fingerprint density at radius 2 is 1.81 bits per heavy atom. The van der Waals surface area contributed by atoms with Crippen LogP contribution in [0.5, 0.6) is 0 Å². The number of nitrogens with one attached hydrogen (secondary N) is 2. The summed E-state index contributed by atoms with van der Waals surface area (Å²) in [6.45, 7) is 9.21. The number of unbranched alkanes of at least 4 members (excludes halogenated alkanes) is 1. The van der Waals surface area contributed by atoms with Crippen LogP contribution in [0.1, 0.15) is 52.0 Å². The average Bonchev–Trinajstić information content (AvgIpc) is 2.37. The van der Waals surface area contributed by atoms with Gasteiger partial charge in [0.15, 0.2) is 0 Å². The van der Waals surface area contributed by atoms with Crippen LogP contribution in [-0.4, -0.2) is 26.8 Å². The molecule has 120 valence electrons. The van der Waals surface area contributed by atoms with Gasteiger partial charge in [0.1, 0.15) is 0 Å². The average molecular weight is 312 g/mol. The molecule has 1 aromatic rings. The molecule has 0 unspecified atom stereocenters. The quantitative estimate of drug-likeness (QED) is 0.688. The zero-order chi connectivity index (χ0) is 15.9. The third kappa shape index (κ3) is 7.48. The van der Waals surface area contributed by atoms with Gasteiger partial charge in [-0.1, -0.05) is 39.8 Å². The number of rotatable bonds is 9. The second kappa shape index (κ2) is 8.39. The minimum atomic E-state index is -3.26. The van der Waals surface area contributed by atoms with Gasteiger partial charge in [-0.15, -0.1) is 0 Å². The zero-order valence-corrected chi connectivity index (χ0v) is 14.3. The summed E-state index contributed by atoms with van der Waals surface area (Å²) in [7, 11) is -3.26. The Morgan fingerprint density at radius 1 is 1.10 bits per heavy atom. The fourth-order valence-electron chi connectivity index (χ4n) is 2.00. The van der Waals surface area contributed by atoms with E-state index in [1.54, 1.807) is 6.07 Å². The molecule has 0 aliphatic rings. The molecule has 0 aliphatic carbocycles. The largest absolute Gasteiger partial charge is 0.315 e. The normalized spacial score (nSPS) is 12.1. The molecule has 0 bridgehead atoms. The summed E-state index contributed by atoms with van der Waals surface area (Å²) in [5.41, 5.74) is 1.79. The Hall–Kier alpha value is -1.07. The number of sulfonamides is 1. The van der Waals surface area contributed by atoms with Crippen LogP contribution in [0, 0.1) is 0 Å². The van der Waals surface area contributed by atoms with Gasteiger partial charge in [-0.3, -0.25) is 4.72 Å². The Balaban J connectivity index is 2.47. The minimum Gasteiger partial charge on any atom is -0.315 e. The number of hydrogen-bond donors (Lipinski definition) is 2. The molecule has 0 aliphatic heterocycles. The summed E-state index contributed by atoms with van der Waals surface area (Å²) in [5, 5.41) is 3.29. The first-order valence-corrected chi connectivity index (χ1v) is 9.29. The van der Waals surface area contributed by atoms with Gasteiger partial charge in [0.05, 0.1) is 5.75 Å².